The number of carbonyl (C=O) groups excluding carboxylic acids is 1. The zero-order valence-corrected chi connectivity index (χ0v) is 17.2. The Morgan fingerprint density at radius 1 is 0.786 bits per heavy atom. The molecule has 0 aliphatic carbocycles. The SMILES string of the molecule is COCCCCCCCCOc1ccc(-c2ccc(/C=C/C(C)=O)cc2)cc1. The summed E-state index contributed by atoms with van der Waals surface area (Å²) in [6, 6.07) is 16.4. The number of benzene rings is 2. The van der Waals surface area contributed by atoms with E-state index in [2.05, 4.69) is 24.3 Å². The third kappa shape index (κ3) is 8.53. The number of carbonyl (C=O) groups is 1. The Balaban J connectivity index is 1.70. The van der Waals surface area contributed by atoms with Gasteiger partial charge in [0.25, 0.3) is 0 Å². The van der Waals surface area contributed by atoms with Crippen molar-refractivity contribution in [1.82, 2.24) is 0 Å². The first-order chi connectivity index (χ1) is 13.7. The van der Waals surface area contributed by atoms with Gasteiger partial charge >= 0.3 is 0 Å². The van der Waals surface area contributed by atoms with Crippen molar-refractivity contribution in [2.75, 3.05) is 20.3 Å². The highest BCUT2D eigenvalue weighted by atomic mass is 16.5. The maximum Gasteiger partial charge on any atom is 0.152 e. The Morgan fingerprint density at radius 2 is 1.32 bits per heavy atom. The number of ether oxygens (including phenoxy) is 2. The largest absolute Gasteiger partial charge is 0.494 e. The quantitative estimate of drug-likeness (QED) is 0.301. The summed E-state index contributed by atoms with van der Waals surface area (Å²) in [5.74, 6) is 0.978. The van der Waals surface area contributed by atoms with Crippen LogP contribution in [0.2, 0.25) is 0 Å². The van der Waals surface area contributed by atoms with Gasteiger partial charge in [0.2, 0.25) is 0 Å². The number of hydrogen-bond acceptors (Lipinski definition) is 3. The first-order valence-electron chi connectivity index (χ1n) is 10.2. The van der Waals surface area contributed by atoms with E-state index in [0.717, 1.165) is 48.5 Å². The minimum Gasteiger partial charge on any atom is -0.494 e. The fourth-order valence-corrected chi connectivity index (χ4v) is 2.99. The van der Waals surface area contributed by atoms with E-state index < -0.39 is 0 Å². The van der Waals surface area contributed by atoms with Crippen molar-refractivity contribution in [3.63, 3.8) is 0 Å². The maximum absolute atomic E-state index is 11.0. The summed E-state index contributed by atoms with van der Waals surface area (Å²) in [7, 11) is 1.76. The van der Waals surface area contributed by atoms with Crippen LogP contribution in [0.15, 0.2) is 54.6 Å². The first-order valence-corrected chi connectivity index (χ1v) is 10.2. The Kier molecular flexibility index (Phi) is 10.1. The lowest BCUT2D eigenvalue weighted by Crippen LogP contribution is -1.97. The van der Waals surface area contributed by atoms with Crippen LogP contribution >= 0.6 is 0 Å². The fraction of sp³-hybridized carbons (Fsp3) is 0.400. The van der Waals surface area contributed by atoms with E-state index in [1.807, 2.05) is 30.3 Å². The van der Waals surface area contributed by atoms with Crippen LogP contribution in [0.1, 0.15) is 51.0 Å². The number of hydrogen-bond donors (Lipinski definition) is 0. The van der Waals surface area contributed by atoms with Gasteiger partial charge < -0.3 is 9.47 Å². The molecule has 0 radical (unpaired) electrons. The molecule has 0 heterocycles. The molecule has 0 unspecified atom stereocenters. The summed E-state index contributed by atoms with van der Waals surface area (Å²) in [6.45, 7) is 3.20. The van der Waals surface area contributed by atoms with Crippen molar-refractivity contribution in [2.24, 2.45) is 0 Å². The van der Waals surface area contributed by atoms with Gasteiger partial charge in [-0.2, -0.15) is 0 Å². The zero-order chi connectivity index (χ0) is 20.0. The summed E-state index contributed by atoms with van der Waals surface area (Å²) in [5.41, 5.74) is 3.34. The van der Waals surface area contributed by atoms with Gasteiger partial charge in [-0.1, -0.05) is 68.2 Å². The molecule has 2 aromatic rings. The number of allylic oxidation sites excluding steroid dienone is 1. The van der Waals surface area contributed by atoms with Crippen LogP contribution in [0.3, 0.4) is 0 Å². The lowest BCUT2D eigenvalue weighted by atomic mass is 10.0. The second-order valence-electron chi connectivity index (χ2n) is 7.05. The van der Waals surface area contributed by atoms with E-state index >= 15 is 0 Å². The van der Waals surface area contributed by atoms with E-state index in [1.54, 1.807) is 20.1 Å². The topological polar surface area (TPSA) is 35.5 Å². The van der Waals surface area contributed by atoms with Crippen LogP contribution in [0.5, 0.6) is 5.75 Å². The number of ketones is 1. The molecular weight excluding hydrogens is 348 g/mol. The highest BCUT2D eigenvalue weighted by molar-refractivity contribution is 5.91. The Morgan fingerprint density at radius 3 is 1.89 bits per heavy atom. The molecule has 0 aliphatic heterocycles. The lowest BCUT2D eigenvalue weighted by Gasteiger charge is -2.08. The summed E-state index contributed by atoms with van der Waals surface area (Å²) in [6.07, 6.45) is 10.7. The molecule has 2 aromatic carbocycles. The standard InChI is InChI=1S/C25H32O3/c1-21(26)9-10-22-11-13-23(14-12-22)24-15-17-25(18-16-24)28-20-8-6-4-3-5-7-19-27-2/h9-18H,3-8,19-20H2,1-2H3/b10-9+. The van der Waals surface area contributed by atoms with Gasteiger partial charge in [-0.15, -0.1) is 0 Å². The second kappa shape index (κ2) is 12.9. The van der Waals surface area contributed by atoms with E-state index in [-0.39, 0.29) is 5.78 Å². The van der Waals surface area contributed by atoms with Crippen LogP contribution in [0.25, 0.3) is 17.2 Å². The van der Waals surface area contributed by atoms with Gasteiger partial charge in [-0.05, 0) is 54.7 Å². The average Bonchev–Trinajstić information content (AvgIpc) is 2.72. The highest BCUT2D eigenvalue weighted by Gasteiger charge is 2.00. The monoisotopic (exact) mass is 380 g/mol. The van der Waals surface area contributed by atoms with Crippen LogP contribution in [0, 0.1) is 0 Å². The van der Waals surface area contributed by atoms with Crippen LogP contribution in [-0.4, -0.2) is 26.1 Å². The third-order valence-electron chi connectivity index (χ3n) is 4.62. The summed E-state index contributed by atoms with van der Waals surface area (Å²) in [5, 5.41) is 0. The molecule has 3 nitrogen and oxygen atoms in total. The van der Waals surface area contributed by atoms with Gasteiger partial charge in [0.1, 0.15) is 5.75 Å². The molecule has 0 saturated carbocycles. The van der Waals surface area contributed by atoms with Crippen molar-refractivity contribution in [3.05, 3.63) is 60.2 Å². The van der Waals surface area contributed by atoms with Crippen molar-refractivity contribution in [2.45, 2.75) is 45.4 Å². The minimum absolute atomic E-state index is 0.0572. The molecule has 0 atom stereocenters. The number of rotatable bonds is 13. The van der Waals surface area contributed by atoms with Crippen LogP contribution < -0.4 is 4.74 Å². The van der Waals surface area contributed by atoms with Crippen molar-refractivity contribution in [3.8, 4) is 16.9 Å². The lowest BCUT2D eigenvalue weighted by molar-refractivity contribution is -0.112. The van der Waals surface area contributed by atoms with Crippen molar-refractivity contribution < 1.29 is 14.3 Å². The van der Waals surface area contributed by atoms with Gasteiger partial charge in [-0.25, -0.2) is 0 Å². The normalized spacial score (nSPS) is 11.1. The molecule has 3 heteroatoms. The third-order valence-corrected chi connectivity index (χ3v) is 4.62. The molecule has 0 N–H and O–H groups in total. The maximum atomic E-state index is 11.0. The van der Waals surface area contributed by atoms with Gasteiger partial charge in [0, 0.05) is 13.7 Å². The van der Waals surface area contributed by atoms with Crippen molar-refractivity contribution >= 4 is 11.9 Å². The fourth-order valence-electron chi connectivity index (χ4n) is 2.99. The second-order valence-corrected chi connectivity index (χ2v) is 7.05. The Bertz CT molecular complexity index is 714. The minimum atomic E-state index is 0.0572. The highest BCUT2D eigenvalue weighted by Crippen LogP contribution is 2.23. The van der Waals surface area contributed by atoms with Crippen LogP contribution in [0.4, 0.5) is 0 Å². The summed E-state index contributed by atoms with van der Waals surface area (Å²) >= 11 is 0. The molecule has 0 spiro atoms. The molecule has 0 aliphatic rings. The average molecular weight is 381 g/mol. The molecule has 0 bridgehead atoms. The number of methoxy groups -OCH3 is 1. The summed E-state index contributed by atoms with van der Waals surface area (Å²) in [4.78, 5) is 11.0. The van der Waals surface area contributed by atoms with Crippen molar-refractivity contribution in [1.29, 1.82) is 0 Å². The predicted octanol–water partition coefficient (Wildman–Crippen LogP) is 6.32. The first kappa shape index (κ1) is 21.9. The molecule has 0 aromatic heterocycles. The van der Waals surface area contributed by atoms with Crippen LogP contribution in [-0.2, 0) is 9.53 Å². The Labute approximate surface area is 169 Å². The van der Waals surface area contributed by atoms with E-state index in [4.69, 9.17) is 9.47 Å². The molecule has 0 amide bonds. The molecule has 150 valence electrons. The van der Waals surface area contributed by atoms with Gasteiger partial charge in [0.05, 0.1) is 6.61 Å². The summed E-state index contributed by atoms with van der Waals surface area (Å²) < 4.78 is 10.9. The van der Waals surface area contributed by atoms with E-state index in [0.29, 0.717) is 0 Å². The van der Waals surface area contributed by atoms with Gasteiger partial charge in [0.15, 0.2) is 5.78 Å². The molecule has 2 rings (SSSR count). The predicted molar refractivity (Wildman–Crippen MR) is 117 cm³/mol. The zero-order valence-electron chi connectivity index (χ0n) is 17.2. The molecule has 28 heavy (non-hydrogen) atoms. The smallest absolute Gasteiger partial charge is 0.152 e. The molecule has 0 saturated heterocycles. The molecular formula is C25H32O3. The number of unbranched alkanes of at least 4 members (excludes halogenated alkanes) is 5. The van der Waals surface area contributed by atoms with Gasteiger partial charge in [-0.3, -0.25) is 4.79 Å². The van der Waals surface area contributed by atoms with E-state index in [1.165, 1.54) is 25.7 Å². The Hall–Kier alpha value is -2.39. The van der Waals surface area contributed by atoms with E-state index in [9.17, 15) is 4.79 Å². The molecule has 0 fully saturated rings.